The van der Waals surface area contributed by atoms with Gasteiger partial charge in [0.15, 0.2) is 0 Å². The summed E-state index contributed by atoms with van der Waals surface area (Å²) >= 11 is 0. The summed E-state index contributed by atoms with van der Waals surface area (Å²) in [5.41, 5.74) is 5.23. The first-order chi connectivity index (χ1) is 9.38. The predicted molar refractivity (Wildman–Crippen MR) is 77.6 cm³/mol. The molecule has 2 N–H and O–H groups in total. The Labute approximate surface area is 121 Å². The standard InChI is InChI=1S/C13H25N3O3S/c1-20(18,19)16(11-4-2-5-11)12-6-3-8-15(9-7-12)10-13(14)17/h11-12H,2-10H2,1H3,(H2,14,17). The second kappa shape index (κ2) is 6.41. The van der Waals surface area contributed by atoms with Crippen molar-refractivity contribution in [1.82, 2.24) is 9.21 Å². The number of amides is 1. The predicted octanol–water partition coefficient (Wildman–Crippen LogP) is 0.140. The van der Waals surface area contributed by atoms with Gasteiger partial charge in [-0.15, -0.1) is 0 Å². The van der Waals surface area contributed by atoms with Gasteiger partial charge in [0.25, 0.3) is 0 Å². The number of likely N-dealkylation sites (tertiary alicyclic amines) is 1. The molecular formula is C13H25N3O3S. The van der Waals surface area contributed by atoms with Crippen LogP contribution in [0.2, 0.25) is 0 Å². The molecule has 116 valence electrons. The molecule has 20 heavy (non-hydrogen) atoms. The molecule has 2 fully saturated rings. The highest BCUT2D eigenvalue weighted by molar-refractivity contribution is 7.88. The van der Waals surface area contributed by atoms with Crippen LogP contribution in [-0.2, 0) is 14.8 Å². The van der Waals surface area contributed by atoms with Gasteiger partial charge in [-0.1, -0.05) is 6.42 Å². The van der Waals surface area contributed by atoms with Crippen LogP contribution in [0.25, 0.3) is 0 Å². The molecule has 2 rings (SSSR count). The van der Waals surface area contributed by atoms with Crippen LogP contribution < -0.4 is 5.73 Å². The minimum atomic E-state index is -3.16. The Morgan fingerprint density at radius 2 is 1.75 bits per heavy atom. The van der Waals surface area contributed by atoms with Crippen LogP contribution >= 0.6 is 0 Å². The molecule has 1 aliphatic carbocycles. The third kappa shape index (κ3) is 3.93. The number of nitrogens with two attached hydrogens (primary N) is 1. The van der Waals surface area contributed by atoms with E-state index in [9.17, 15) is 13.2 Å². The zero-order valence-electron chi connectivity index (χ0n) is 12.1. The Hall–Kier alpha value is -0.660. The summed E-state index contributed by atoms with van der Waals surface area (Å²) in [7, 11) is -3.16. The molecule has 1 unspecified atom stereocenters. The number of hydrogen-bond donors (Lipinski definition) is 1. The zero-order valence-corrected chi connectivity index (χ0v) is 12.9. The molecule has 6 nitrogen and oxygen atoms in total. The van der Waals surface area contributed by atoms with E-state index in [0.717, 1.165) is 51.6 Å². The van der Waals surface area contributed by atoms with Gasteiger partial charge in [-0.05, 0) is 38.6 Å². The average Bonchev–Trinajstić information content (AvgIpc) is 2.46. The molecule has 2 aliphatic rings. The van der Waals surface area contributed by atoms with E-state index >= 15 is 0 Å². The van der Waals surface area contributed by atoms with Crippen LogP contribution in [-0.4, -0.2) is 61.5 Å². The van der Waals surface area contributed by atoms with Gasteiger partial charge < -0.3 is 5.73 Å². The summed E-state index contributed by atoms with van der Waals surface area (Å²) in [6.07, 6.45) is 6.98. The second-order valence-corrected chi connectivity index (χ2v) is 7.89. The molecule has 0 spiro atoms. The Bertz CT molecular complexity index is 448. The SMILES string of the molecule is CS(=O)(=O)N(C1CCC1)C1CCCN(CC(N)=O)CC1. The summed E-state index contributed by atoms with van der Waals surface area (Å²) in [6, 6.07) is 0.269. The van der Waals surface area contributed by atoms with Crippen LogP contribution in [0.3, 0.4) is 0 Å². The summed E-state index contributed by atoms with van der Waals surface area (Å²) in [6.45, 7) is 1.84. The van der Waals surface area contributed by atoms with Crippen LogP contribution in [0.15, 0.2) is 0 Å². The highest BCUT2D eigenvalue weighted by Gasteiger charge is 2.37. The number of primary amides is 1. The maximum Gasteiger partial charge on any atom is 0.231 e. The Morgan fingerprint density at radius 3 is 2.25 bits per heavy atom. The summed E-state index contributed by atoms with van der Waals surface area (Å²) in [5, 5.41) is 0. The van der Waals surface area contributed by atoms with Crippen LogP contribution in [0.4, 0.5) is 0 Å². The largest absolute Gasteiger partial charge is 0.369 e. The Kier molecular flexibility index (Phi) is 5.04. The van der Waals surface area contributed by atoms with Crippen molar-refractivity contribution in [2.75, 3.05) is 25.9 Å². The molecule has 0 radical (unpaired) electrons. The first-order valence-electron chi connectivity index (χ1n) is 7.37. The molecule has 1 atom stereocenters. The van der Waals surface area contributed by atoms with Crippen molar-refractivity contribution in [3.8, 4) is 0 Å². The number of hydrogen-bond acceptors (Lipinski definition) is 4. The maximum atomic E-state index is 12.1. The van der Waals surface area contributed by atoms with Crippen molar-refractivity contribution < 1.29 is 13.2 Å². The quantitative estimate of drug-likeness (QED) is 0.783. The third-order valence-electron chi connectivity index (χ3n) is 4.35. The lowest BCUT2D eigenvalue weighted by atomic mass is 9.91. The molecular weight excluding hydrogens is 278 g/mol. The minimum absolute atomic E-state index is 0.0770. The highest BCUT2D eigenvalue weighted by atomic mass is 32.2. The number of nitrogens with zero attached hydrogens (tertiary/aromatic N) is 2. The van der Waals surface area contributed by atoms with Gasteiger partial charge in [0.1, 0.15) is 0 Å². The molecule has 0 aromatic heterocycles. The van der Waals surface area contributed by atoms with Gasteiger partial charge in [-0.25, -0.2) is 8.42 Å². The van der Waals surface area contributed by atoms with Gasteiger partial charge in [0, 0.05) is 18.6 Å². The number of carbonyl (C=O) groups is 1. The van der Waals surface area contributed by atoms with E-state index in [1.165, 1.54) is 6.26 Å². The van der Waals surface area contributed by atoms with Gasteiger partial charge in [-0.2, -0.15) is 4.31 Å². The summed E-state index contributed by atoms with van der Waals surface area (Å²) in [5.74, 6) is -0.317. The third-order valence-corrected chi connectivity index (χ3v) is 5.71. The van der Waals surface area contributed by atoms with E-state index in [1.807, 2.05) is 4.90 Å². The Morgan fingerprint density at radius 1 is 1.15 bits per heavy atom. The molecule has 0 bridgehead atoms. The van der Waals surface area contributed by atoms with E-state index in [2.05, 4.69) is 0 Å². The van der Waals surface area contributed by atoms with Gasteiger partial charge in [0.05, 0.1) is 12.8 Å². The fourth-order valence-electron chi connectivity index (χ4n) is 3.25. The first-order valence-corrected chi connectivity index (χ1v) is 9.22. The van der Waals surface area contributed by atoms with Crippen LogP contribution in [0.5, 0.6) is 0 Å². The molecule has 0 aromatic carbocycles. The summed E-state index contributed by atoms with van der Waals surface area (Å²) < 4.78 is 25.9. The van der Waals surface area contributed by atoms with Crippen molar-refractivity contribution >= 4 is 15.9 Å². The summed E-state index contributed by atoms with van der Waals surface area (Å²) in [4.78, 5) is 13.0. The molecule has 1 heterocycles. The van der Waals surface area contributed by atoms with Gasteiger partial charge in [-0.3, -0.25) is 9.69 Å². The topological polar surface area (TPSA) is 83.7 Å². The van der Waals surface area contributed by atoms with Gasteiger partial charge in [0.2, 0.25) is 15.9 Å². The monoisotopic (exact) mass is 303 g/mol. The van der Waals surface area contributed by atoms with Crippen LogP contribution in [0.1, 0.15) is 38.5 Å². The average molecular weight is 303 g/mol. The van der Waals surface area contributed by atoms with E-state index in [4.69, 9.17) is 5.73 Å². The minimum Gasteiger partial charge on any atom is -0.369 e. The molecule has 7 heteroatoms. The lowest BCUT2D eigenvalue weighted by Crippen LogP contribution is -2.50. The first kappa shape index (κ1) is 15.7. The zero-order chi connectivity index (χ0) is 14.8. The van der Waals surface area contributed by atoms with E-state index in [1.54, 1.807) is 4.31 Å². The molecule has 1 saturated heterocycles. The van der Waals surface area contributed by atoms with E-state index in [-0.39, 0.29) is 24.5 Å². The van der Waals surface area contributed by atoms with Crippen molar-refractivity contribution in [2.45, 2.75) is 50.6 Å². The normalized spacial score (nSPS) is 26.2. The number of carbonyl (C=O) groups excluding carboxylic acids is 1. The van der Waals surface area contributed by atoms with E-state index in [0.29, 0.717) is 0 Å². The number of sulfonamides is 1. The van der Waals surface area contributed by atoms with Crippen molar-refractivity contribution in [2.24, 2.45) is 5.73 Å². The molecule has 0 aromatic rings. The van der Waals surface area contributed by atoms with Crippen molar-refractivity contribution in [3.63, 3.8) is 0 Å². The fraction of sp³-hybridized carbons (Fsp3) is 0.923. The molecule has 1 saturated carbocycles. The lowest BCUT2D eigenvalue weighted by Gasteiger charge is -2.40. The van der Waals surface area contributed by atoms with E-state index < -0.39 is 10.0 Å². The lowest BCUT2D eigenvalue weighted by molar-refractivity contribution is -0.119. The number of rotatable bonds is 5. The van der Waals surface area contributed by atoms with Crippen molar-refractivity contribution in [3.05, 3.63) is 0 Å². The highest BCUT2D eigenvalue weighted by Crippen LogP contribution is 2.31. The Balaban J connectivity index is 2.01. The molecule has 1 aliphatic heterocycles. The van der Waals surface area contributed by atoms with Crippen LogP contribution in [0, 0.1) is 0 Å². The van der Waals surface area contributed by atoms with Crippen molar-refractivity contribution in [1.29, 1.82) is 0 Å². The van der Waals surface area contributed by atoms with Gasteiger partial charge >= 0.3 is 0 Å². The molecule has 1 amide bonds. The maximum absolute atomic E-state index is 12.1. The smallest absolute Gasteiger partial charge is 0.231 e. The fourth-order valence-corrected chi connectivity index (χ4v) is 4.76. The second-order valence-electron chi connectivity index (χ2n) is 6.00.